The summed E-state index contributed by atoms with van der Waals surface area (Å²) in [5.74, 6) is -0.175. The van der Waals surface area contributed by atoms with Gasteiger partial charge in [-0.05, 0) is 18.1 Å². The number of carbonyl (C=O) groups is 2. The third-order valence-corrected chi connectivity index (χ3v) is 2.07. The molecule has 0 aliphatic heterocycles. The molecule has 0 spiro atoms. The summed E-state index contributed by atoms with van der Waals surface area (Å²) >= 11 is 0. The van der Waals surface area contributed by atoms with Crippen molar-refractivity contribution in [2.45, 2.75) is 13.3 Å². The van der Waals surface area contributed by atoms with Gasteiger partial charge in [0.15, 0.2) is 6.29 Å². The maximum Gasteiger partial charge on any atom is 0.154 e. The molecule has 0 radical (unpaired) electrons. The van der Waals surface area contributed by atoms with Crippen molar-refractivity contribution in [3.8, 4) is 5.75 Å². The van der Waals surface area contributed by atoms with Crippen LogP contribution in [0, 0.1) is 5.92 Å². The number of aromatic hydroxyl groups is 1. The van der Waals surface area contributed by atoms with Crippen LogP contribution in [-0.2, 0) is 11.2 Å². The van der Waals surface area contributed by atoms with Gasteiger partial charge in [-0.25, -0.2) is 0 Å². The van der Waals surface area contributed by atoms with Crippen LogP contribution in [0.3, 0.4) is 0 Å². The molecule has 0 aliphatic rings. The first-order valence-electron chi connectivity index (χ1n) is 4.40. The molecular weight excluding hydrogens is 180 g/mol. The van der Waals surface area contributed by atoms with Crippen molar-refractivity contribution in [3.63, 3.8) is 0 Å². The molecule has 3 nitrogen and oxygen atoms in total. The molecular formula is C11H12O3. The number of carbonyl (C=O) groups excluding carboxylic acids is 2. The summed E-state index contributed by atoms with van der Waals surface area (Å²) in [5.41, 5.74) is 0.987. The largest absolute Gasteiger partial charge is 0.507 e. The minimum atomic E-state index is -0.143. The van der Waals surface area contributed by atoms with E-state index in [2.05, 4.69) is 0 Å². The minimum Gasteiger partial charge on any atom is -0.507 e. The van der Waals surface area contributed by atoms with Gasteiger partial charge in [0.1, 0.15) is 12.0 Å². The van der Waals surface area contributed by atoms with Crippen LogP contribution in [0.25, 0.3) is 0 Å². The molecule has 0 amide bonds. The Bertz CT molecular complexity index is 344. The lowest BCUT2D eigenvalue weighted by molar-refractivity contribution is -0.110. The van der Waals surface area contributed by atoms with E-state index >= 15 is 0 Å². The van der Waals surface area contributed by atoms with Crippen LogP contribution >= 0.6 is 0 Å². The Labute approximate surface area is 82.4 Å². The lowest BCUT2D eigenvalue weighted by atomic mass is 9.98. The Kier molecular flexibility index (Phi) is 3.40. The second-order valence-electron chi connectivity index (χ2n) is 3.29. The van der Waals surface area contributed by atoms with Gasteiger partial charge in [0.2, 0.25) is 0 Å². The molecule has 0 saturated heterocycles. The average molecular weight is 192 g/mol. The SMILES string of the molecule is CC(C=O)Cc1cccc(O)c1C=O. The predicted octanol–water partition coefficient (Wildman–Crippen LogP) is 1.58. The average Bonchev–Trinajstić information content (AvgIpc) is 2.18. The maximum atomic E-state index is 10.7. The highest BCUT2D eigenvalue weighted by atomic mass is 16.3. The maximum absolute atomic E-state index is 10.7. The molecule has 1 aromatic rings. The zero-order valence-electron chi connectivity index (χ0n) is 7.93. The van der Waals surface area contributed by atoms with E-state index in [1.807, 2.05) is 0 Å². The van der Waals surface area contributed by atoms with Crippen molar-refractivity contribution in [2.75, 3.05) is 0 Å². The minimum absolute atomic E-state index is 0.0319. The third kappa shape index (κ3) is 2.19. The Morgan fingerprint density at radius 1 is 1.43 bits per heavy atom. The number of phenolic OH excluding ortho intramolecular Hbond substituents is 1. The van der Waals surface area contributed by atoms with Crippen molar-refractivity contribution in [2.24, 2.45) is 5.92 Å². The third-order valence-electron chi connectivity index (χ3n) is 2.07. The van der Waals surface area contributed by atoms with Crippen LogP contribution in [0.5, 0.6) is 5.75 Å². The van der Waals surface area contributed by atoms with E-state index in [9.17, 15) is 14.7 Å². The number of hydrogen-bond acceptors (Lipinski definition) is 3. The Morgan fingerprint density at radius 2 is 2.14 bits per heavy atom. The molecule has 0 saturated carbocycles. The van der Waals surface area contributed by atoms with Crippen LogP contribution in [0.2, 0.25) is 0 Å². The van der Waals surface area contributed by atoms with Gasteiger partial charge in [0.25, 0.3) is 0 Å². The fourth-order valence-corrected chi connectivity index (χ4v) is 1.31. The van der Waals surface area contributed by atoms with Crippen molar-refractivity contribution in [1.29, 1.82) is 0 Å². The fraction of sp³-hybridized carbons (Fsp3) is 0.273. The summed E-state index contributed by atoms with van der Waals surface area (Å²) in [5, 5.41) is 9.36. The molecule has 0 heterocycles. The first-order chi connectivity index (χ1) is 6.69. The summed E-state index contributed by atoms with van der Waals surface area (Å²) in [6, 6.07) is 4.86. The first kappa shape index (κ1) is 10.4. The summed E-state index contributed by atoms with van der Waals surface area (Å²) < 4.78 is 0. The summed E-state index contributed by atoms with van der Waals surface area (Å²) in [6.45, 7) is 1.77. The number of phenols is 1. The monoisotopic (exact) mass is 192 g/mol. The van der Waals surface area contributed by atoms with Crippen LogP contribution in [0.15, 0.2) is 18.2 Å². The smallest absolute Gasteiger partial charge is 0.154 e. The van der Waals surface area contributed by atoms with E-state index in [0.717, 1.165) is 6.29 Å². The molecule has 0 aliphatic carbocycles. The van der Waals surface area contributed by atoms with Crippen LogP contribution < -0.4 is 0 Å². The molecule has 74 valence electrons. The molecule has 1 rings (SSSR count). The Morgan fingerprint density at radius 3 is 2.71 bits per heavy atom. The lowest BCUT2D eigenvalue weighted by Gasteiger charge is -2.07. The molecule has 0 fully saturated rings. The quantitative estimate of drug-likeness (QED) is 0.737. The van der Waals surface area contributed by atoms with E-state index in [0.29, 0.717) is 18.3 Å². The van der Waals surface area contributed by atoms with Gasteiger partial charge < -0.3 is 9.90 Å². The number of aldehydes is 2. The zero-order valence-corrected chi connectivity index (χ0v) is 7.93. The second-order valence-corrected chi connectivity index (χ2v) is 3.29. The molecule has 1 aromatic carbocycles. The highest BCUT2D eigenvalue weighted by Gasteiger charge is 2.09. The molecule has 1 N–H and O–H groups in total. The number of benzene rings is 1. The highest BCUT2D eigenvalue weighted by molar-refractivity contribution is 5.81. The molecule has 1 atom stereocenters. The van der Waals surface area contributed by atoms with E-state index < -0.39 is 0 Å². The Hall–Kier alpha value is -1.64. The van der Waals surface area contributed by atoms with Gasteiger partial charge in [-0.2, -0.15) is 0 Å². The van der Waals surface area contributed by atoms with E-state index in [-0.39, 0.29) is 17.2 Å². The summed E-state index contributed by atoms with van der Waals surface area (Å²) in [6.07, 6.45) is 1.92. The first-order valence-corrected chi connectivity index (χ1v) is 4.40. The normalized spacial score (nSPS) is 12.1. The van der Waals surface area contributed by atoms with Gasteiger partial charge in [-0.3, -0.25) is 4.79 Å². The van der Waals surface area contributed by atoms with Gasteiger partial charge in [0.05, 0.1) is 5.56 Å². The predicted molar refractivity (Wildman–Crippen MR) is 52.4 cm³/mol. The second kappa shape index (κ2) is 4.56. The van der Waals surface area contributed by atoms with E-state index in [1.54, 1.807) is 19.1 Å². The molecule has 0 bridgehead atoms. The Balaban J connectivity index is 3.01. The lowest BCUT2D eigenvalue weighted by Crippen LogP contribution is -2.03. The molecule has 3 heteroatoms. The highest BCUT2D eigenvalue weighted by Crippen LogP contribution is 2.20. The fourth-order valence-electron chi connectivity index (χ4n) is 1.31. The number of hydrogen-bond donors (Lipinski definition) is 1. The topological polar surface area (TPSA) is 54.4 Å². The summed E-state index contributed by atoms with van der Waals surface area (Å²) in [4.78, 5) is 21.1. The zero-order chi connectivity index (χ0) is 10.6. The van der Waals surface area contributed by atoms with Gasteiger partial charge in [-0.1, -0.05) is 19.1 Å². The molecule has 14 heavy (non-hydrogen) atoms. The van der Waals surface area contributed by atoms with Crippen LogP contribution in [-0.4, -0.2) is 17.7 Å². The van der Waals surface area contributed by atoms with Crippen LogP contribution in [0.4, 0.5) is 0 Å². The standard InChI is InChI=1S/C11H12O3/c1-8(6-12)5-9-3-2-4-11(14)10(9)7-13/h2-4,6-8,14H,5H2,1H3. The van der Waals surface area contributed by atoms with E-state index in [1.165, 1.54) is 6.07 Å². The van der Waals surface area contributed by atoms with Gasteiger partial charge in [0, 0.05) is 5.92 Å². The van der Waals surface area contributed by atoms with Crippen LogP contribution in [0.1, 0.15) is 22.8 Å². The van der Waals surface area contributed by atoms with Crippen molar-refractivity contribution in [1.82, 2.24) is 0 Å². The number of rotatable bonds is 4. The van der Waals surface area contributed by atoms with Crippen molar-refractivity contribution >= 4 is 12.6 Å². The molecule has 1 unspecified atom stereocenters. The molecule has 0 aromatic heterocycles. The van der Waals surface area contributed by atoms with Gasteiger partial charge >= 0.3 is 0 Å². The summed E-state index contributed by atoms with van der Waals surface area (Å²) in [7, 11) is 0. The van der Waals surface area contributed by atoms with Crippen molar-refractivity contribution in [3.05, 3.63) is 29.3 Å². The van der Waals surface area contributed by atoms with Gasteiger partial charge in [-0.15, -0.1) is 0 Å². The van der Waals surface area contributed by atoms with E-state index in [4.69, 9.17) is 0 Å². The van der Waals surface area contributed by atoms with Crippen molar-refractivity contribution < 1.29 is 14.7 Å².